The molecule has 0 spiro atoms. The van der Waals surface area contributed by atoms with Crippen molar-refractivity contribution in [2.24, 2.45) is 11.3 Å². The van der Waals surface area contributed by atoms with E-state index in [0.717, 1.165) is 37.0 Å². The molecule has 1 aromatic heterocycles. The maximum atomic E-state index is 14.1. The van der Waals surface area contributed by atoms with Crippen molar-refractivity contribution in [2.75, 3.05) is 11.5 Å². The summed E-state index contributed by atoms with van der Waals surface area (Å²) in [5, 5.41) is 21.4. The first kappa shape index (κ1) is 28.9. The maximum absolute atomic E-state index is 14.1. The normalized spacial score (nSPS) is 26.4. The molecular formula is C31H43NO5S. The highest BCUT2D eigenvalue weighted by atomic mass is 32.1. The summed E-state index contributed by atoms with van der Waals surface area (Å²) >= 11 is 1.14. The number of amides is 1. The fourth-order valence-corrected chi connectivity index (χ4v) is 6.62. The zero-order valence-corrected chi connectivity index (χ0v) is 24.2. The molecule has 2 saturated carbocycles. The summed E-state index contributed by atoms with van der Waals surface area (Å²) in [4.78, 5) is 29.0. The van der Waals surface area contributed by atoms with Gasteiger partial charge in [0.05, 0.1) is 28.9 Å². The van der Waals surface area contributed by atoms with Crippen molar-refractivity contribution >= 4 is 28.9 Å². The van der Waals surface area contributed by atoms with Gasteiger partial charge >= 0.3 is 5.97 Å². The third kappa shape index (κ3) is 7.28. The van der Waals surface area contributed by atoms with E-state index in [0.29, 0.717) is 49.3 Å². The molecule has 2 N–H and O–H groups in total. The molecule has 0 bridgehead atoms. The number of carboxylic acid groups (broad SMARTS) is 1. The van der Waals surface area contributed by atoms with Crippen LogP contribution in [0.2, 0.25) is 0 Å². The summed E-state index contributed by atoms with van der Waals surface area (Å²) in [6, 6.07) is 1.62. The Kier molecular flexibility index (Phi) is 9.07. The number of hydrogen-bond acceptors (Lipinski definition) is 5. The summed E-state index contributed by atoms with van der Waals surface area (Å²) in [7, 11) is 0. The third-order valence-corrected chi connectivity index (χ3v) is 9.12. The lowest BCUT2D eigenvalue weighted by molar-refractivity contribution is -0.124. The van der Waals surface area contributed by atoms with Gasteiger partial charge in [0.2, 0.25) is 5.91 Å². The fraction of sp³-hybridized carbons (Fsp3) is 0.677. The second kappa shape index (κ2) is 11.9. The molecule has 7 heteroatoms. The van der Waals surface area contributed by atoms with Crippen LogP contribution < -0.4 is 4.90 Å². The number of ether oxygens (including phenoxy) is 1. The van der Waals surface area contributed by atoms with Gasteiger partial charge in [-0.3, -0.25) is 4.79 Å². The maximum Gasteiger partial charge on any atom is 0.348 e. The molecule has 1 aromatic rings. The van der Waals surface area contributed by atoms with Gasteiger partial charge in [0.25, 0.3) is 0 Å². The van der Waals surface area contributed by atoms with Crippen LogP contribution in [0.4, 0.5) is 5.69 Å². The van der Waals surface area contributed by atoms with Crippen LogP contribution in [0.3, 0.4) is 0 Å². The first-order chi connectivity index (χ1) is 17.9. The molecule has 208 valence electrons. The van der Waals surface area contributed by atoms with E-state index in [-0.39, 0.29) is 34.3 Å². The van der Waals surface area contributed by atoms with Crippen molar-refractivity contribution in [1.29, 1.82) is 0 Å². The lowest BCUT2D eigenvalue weighted by atomic mass is 9.81. The smallest absolute Gasteiger partial charge is 0.348 e. The number of carbonyl (C=O) groups is 2. The van der Waals surface area contributed by atoms with Crippen LogP contribution in [-0.2, 0) is 9.53 Å². The van der Waals surface area contributed by atoms with Crippen molar-refractivity contribution in [3.05, 3.63) is 27.5 Å². The highest BCUT2D eigenvalue weighted by Crippen LogP contribution is 2.40. The van der Waals surface area contributed by atoms with Crippen LogP contribution in [0, 0.1) is 23.2 Å². The Bertz CT molecular complexity index is 1100. The van der Waals surface area contributed by atoms with Gasteiger partial charge in [0.15, 0.2) is 0 Å². The predicted octanol–water partition coefficient (Wildman–Crippen LogP) is 6.56. The van der Waals surface area contributed by atoms with E-state index in [1.54, 1.807) is 11.0 Å². The number of rotatable bonds is 7. The molecule has 1 amide bonds. The van der Waals surface area contributed by atoms with E-state index in [1.807, 2.05) is 20.8 Å². The SMILES string of the molecule is CC1=CC[C@H](C(=O)N(c2cc(C#CC(C)(C)C)sc2C(=O)O)[C@H]2CC[C@](O)(COC3CCCC3)CC2)CC1. The first-order valence-corrected chi connectivity index (χ1v) is 15.0. The standard InChI is InChI=1S/C31H43NO5S/c1-21-9-11-22(12-10-21)28(33)32(26-19-25(15-16-30(2,3)4)38-27(26)29(34)35)23-13-17-31(36,18-14-23)20-37-24-7-5-6-8-24/h9,19,22-24,36H,5-8,10-14,17-18,20H2,1-4H3,(H,34,35)/t22-,23-,31+/m0/s1. The molecule has 0 aromatic carbocycles. The number of hydrogen-bond donors (Lipinski definition) is 2. The largest absolute Gasteiger partial charge is 0.477 e. The lowest BCUT2D eigenvalue weighted by Crippen LogP contribution is -2.50. The van der Waals surface area contributed by atoms with E-state index >= 15 is 0 Å². The van der Waals surface area contributed by atoms with Crippen LogP contribution in [0.15, 0.2) is 17.7 Å². The summed E-state index contributed by atoms with van der Waals surface area (Å²) < 4.78 is 6.06. The van der Waals surface area contributed by atoms with Crippen LogP contribution in [0.5, 0.6) is 0 Å². The minimum absolute atomic E-state index is 0.0120. The van der Waals surface area contributed by atoms with Crippen molar-refractivity contribution in [2.45, 2.75) is 116 Å². The minimum atomic E-state index is -1.04. The number of allylic oxidation sites excluding steroid dienone is 2. The Morgan fingerprint density at radius 2 is 1.84 bits per heavy atom. The second-order valence-electron chi connectivity index (χ2n) is 12.5. The Hall–Kier alpha value is -2.14. The number of thiophene rings is 1. The van der Waals surface area contributed by atoms with Gasteiger partial charge in [-0.15, -0.1) is 11.3 Å². The Morgan fingerprint density at radius 3 is 2.42 bits per heavy atom. The highest BCUT2D eigenvalue weighted by Gasteiger charge is 2.41. The first-order valence-electron chi connectivity index (χ1n) is 14.2. The van der Waals surface area contributed by atoms with E-state index in [9.17, 15) is 19.8 Å². The fourth-order valence-electron chi connectivity index (χ4n) is 5.78. The lowest BCUT2D eigenvalue weighted by Gasteiger charge is -2.42. The van der Waals surface area contributed by atoms with Crippen LogP contribution in [0.25, 0.3) is 0 Å². The van der Waals surface area contributed by atoms with Crippen LogP contribution >= 0.6 is 11.3 Å². The summed E-state index contributed by atoms with van der Waals surface area (Å²) in [5.41, 5.74) is 0.636. The molecule has 0 aliphatic heterocycles. The highest BCUT2D eigenvalue weighted by molar-refractivity contribution is 7.15. The summed E-state index contributed by atoms with van der Waals surface area (Å²) in [5.74, 6) is 5.11. The van der Waals surface area contributed by atoms with Crippen molar-refractivity contribution in [3.8, 4) is 11.8 Å². The molecule has 1 atom stereocenters. The van der Waals surface area contributed by atoms with Gasteiger partial charge in [0, 0.05) is 17.4 Å². The number of aromatic carboxylic acids is 1. The molecule has 0 unspecified atom stereocenters. The number of carbonyl (C=O) groups excluding carboxylic acids is 1. The topological polar surface area (TPSA) is 87.1 Å². The molecule has 0 radical (unpaired) electrons. The van der Waals surface area contributed by atoms with Gasteiger partial charge in [-0.25, -0.2) is 4.79 Å². The van der Waals surface area contributed by atoms with E-state index in [2.05, 4.69) is 24.8 Å². The number of aliphatic hydroxyl groups is 1. The van der Waals surface area contributed by atoms with E-state index < -0.39 is 11.6 Å². The molecule has 38 heavy (non-hydrogen) atoms. The Morgan fingerprint density at radius 1 is 1.16 bits per heavy atom. The van der Waals surface area contributed by atoms with Crippen molar-refractivity contribution < 1.29 is 24.5 Å². The quantitative estimate of drug-likeness (QED) is 0.302. The van der Waals surface area contributed by atoms with Gasteiger partial charge < -0.3 is 19.8 Å². The van der Waals surface area contributed by atoms with Gasteiger partial charge in [-0.05, 0) is 91.5 Å². The zero-order chi connectivity index (χ0) is 27.5. The van der Waals surface area contributed by atoms with Gasteiger partial charge in [-0.2, -0.15) is 0 Å². The van der Waals surface area contributed by atoms with Gasteiger partial charge in [0.1, 0.15) is 4.88 Å². The third-order valence-electron chi connectivity index (χ3n) is 8.09. The van der Waals surface area contributed by atoms with Gasteiger partial charge in [-0.1, -0.05) is 36.3 Å². The number of carboxylic acids is 1. The van der Waals surface area contributed by atoms with Crippen molar-refractivity contribution in [1.82, 2.24) is 0 Å². The molecule has 0 saturated heterocycles. The number of anilines is 1. The summed E-state index contributed by atoms with van der Waals surface area (Å²) in [6.45, 7) is 8.47. The van der Waals surface area contributed by atoms with Crippen LogP contribution in [-0.4, -0.2) is 46.4 Å². The van der Waals surface area contributed by atoms with Crippen LogP contribution in [0.1, 0.15) is 113 Å². The second-order valence-corrected chi connectivity index (χ2v) is 13.6. The van der Waals surface area contributed by atoms with Crippen molar-refractivity contribution in [3.63, 3.8) is 0 Å². The Labute approximate surface area is 231 Å². The zero-order valence-electron chi connectivity index (χ0n) is 23.3. The molecule has 4 rings (SSSR count). The molecule has 6 nitrogen and oxygen atoms in total. The average Bonchev–Trinajstić information content (AvgIpc) is 3.53. The predicted molar refractivity (Wildman–Crippen MR) is 152 cm³/mol. The molecular weight excluding hydrogens is 498 g/mol. The number of nitrogens with zero attached hydrogens (tertiary/aromatic N) is 1. The monoisotopic (exact) mass is 541 g/mol. The Balaban J connectivity index is 1.60. The van der Waals surface area contributed by atoms with E-state index in [4.69, 9.17) is 4.74 Å². The average molecular weight is 542 g/mol. The minimum Gasteiger partial charge on any atom is -0.477 e. The molecule has 3 aliphatic carbocycles. The molecule has 2 fully saturated rings. The molecule has 3 aliphatic rings. The van der Waals surface area contributed by atoms with E-state index in [1.165, 1.54) is 18.4 Å². The molecule has 1 heterocycles. The summed E-state index contributed by atoms with van der Waals surface area (Å²) in [6.07, 6.45) is 11.5.